The number of rotatable bonds is 26. The van der Waals surface area contributed by atoms with Gasteiger partial charge in [-0.2, -0.15) is 0 Å². The molecule has 0 unspecified atom stereocenters. The first-order chi connectivity index (χ1) is 22.9. The Kier molecular flexibility index (Phi) is 22.2. The molecule has 0 bridgehead atoms. The van der Waals surface area contributed by atoms with E-state index >= 15 is 0 Å². The molecule has 0 spiro atoms. The maximum Gasteiger partial charge on any atom is 0.284 e. The zero-order valence-corrected chi connectivity index (χ0v) is 37.9. The normalized spacial score (nSPS) is 14.5. The highest BCUT2D eigenvalue weighted by molar-refractivity contribution is 4.77. The van der Waals surface area contributed by atoms with Crippen molar-refractivity contribution in [2.75, 3.05) is 0 Å². The molecule has 0 saturated heterocycles. The summed E-state index contributed by atoms with van der Waals surface area (Å²) in [5.41, 5.74) is -2.18. The minimum Gasteiger partial charge on any atom is -0.322 e. The Hall–Kier alpha value is -0.240. The van der Waals surface area contributed by atoms with Crippen molar-refractivity contribution >= 4 is 0 Å². The van der Waals surface area contributed by atoms with E-state index in [0.29, 0.717) is 0 Å². The minimum absolute atomic E-state index is 0.363. The molecule has 0 aliphatic rings. The van der Waals surface area contributed by atoms with Crippen LogP contribution in [0.2, 0.25) is 0 Å². The molecule has 0 aromatic rings. The second-order valence-electron chi connectivity index (χ2n) is 21.2. The monoisotopic (exact) mass is 729 g/mol. The fraction of sp³-hybridized carbons (Fsp3) is 1.00. The SMILES string of the molecule is CC(C)(C)OC(CCCCCCCCCCCCCCCCCCCC(OC(C)(C)C)(OC(C)(C)C)OC(C)(C)C)(OC(C)(C)C)OC(C)(C)C. The lowest BCUT2D eigenvalue weighted by Gasteiger charge is -2.45. The van der Waals surface area contributed by atoms with Gasteiger partial charge in [0.2, 0.25) is 0 Å². The van der Waals surface area contributed by atoms with E-state index in [4.69, 9.17) is 28.4 Å². The third kappa shape index (κ3) is 31.8. The van der Waals surface area contributed by atoms with Gasteiger partial charge >= 0.3 is 0 Å². The summed E-state index contributed by atoms with van der Waals surface area (Å²) in [6.07, 6.45) is 23.4. The Morgan fingerprint density at radius 1 is 0.196 bits per heavy atom. The lowest BCUT2D eigenvalue weighted by Crippen LogP contribution is -2.52. The van der Waals surface area contributed by atoms with Crippen molar-refractivity contribution in [2.24, 2.45) is 0 Å². The summed E-state index contributed by atoms with van der Waals surface area (Å²) >= 11 is 0. The average molecular weight is 729 g/mol. The number of hydrogen-bond acceptors (Lipinski definition) is 6. The van der Waals surface area contributed by atoms with Crippen molar-refractivity contribution in [1.29, 1.82) is 0 Å². The maximum atomic E-state index is 6.50. The van der Waals surface area contributed by atoms with Gasteiger partial charge in [-0.25, -0.2) is 0 Å². The molecular formula is C45H92O6. The van der Waals surface area contributed by atoms with Gasteiger partial charge in [0.25, 0.3) is 11.9 Å². The van der Waals surface area contributed by atoms with Crippen molar-refractivity contribution in [3.63, 3.8) is 0 Å². The molecule has 0 aromatic carbocycles. The molecule has 0 radical (unpaired) electrons. The molecular weight excluding hydrogens is 636 g/mol. The van der Waals surface area contributed by atoms with Gasteiger partial charge in [0, 0.05) is 12.8 Å². The third-order valence-corrected chi connectivity index (χ3v) is 7.74. The molecule has 0 aromatic heterocycles. The van der Waals surface area contributed by atoms with E-state index < -0.39 is 11.9 Å². The van der Waals surface area contributed by atoms with Crippen molar-refractivity contribution < 1.29 is 28.4 Å². The summed E-state index contributed by atoms with van der Waals surface area (Å²) in [6, 6.07) is 0. The molecule has 0 rings (SSSR count). The summed E-state index contributed by atoms with van der Waals surface area (Å²) in [6.45, 7) is 37.4. The molecule has 0 amide bonds. The van der Waals surface area contributed by atoms with Crippen LogP contribution in [0.5, 0.6) is 0 Å². The molecule has 308 valence electrons. The number of ether oxygens (including phenoxy) is 6. The Morgan fingerprint density at radius 3 is 0.431 bits per heavy atom. The molecule has 6 nitrogen and oxygen atoms in total. The molecule has 0 N–H and O–H groups in total. The standard InChI is InChI=1S/C45H92O6/c1-38(2,3)46-44(47-39(4,5)6,48-40(7,8)9)36-34-32-30-28-26-24-22-20-19-21-23-25-27-29-31-33-35-37-45(49-41(10,11)12,50-42(13,14)15)51-43(16,17)18/h19-37H2,1-18H3. The quantitative estimate of drug-likeness (QED) is 0.0653. The molecule has 0 fully saturated rings. The smallest absolute Gasteiger partial charge is 0.284 e. The van der Waals surface area contributed by atoms with E-state index in [9.17, 15) is 0 Å². The molecule has 0 heterocycles. The van der Waals surface area contributed by atoms with Crippen LogP contribution in [0, 0.1) is 0 Å². The Labute approximate surface area is 319 Å². The fourth-order valence-electron chi connectivity index (χ4n) is 6.56. The van der Waals surface area contributed by atoms with Crippen molar-refractivity contribution in [1.82, 2.24) is 0 Å². The van der Waals surface area contributed by atoms with Crippen LogP contribution in [0.1, 0.15) is 247 Å². The summed E-state index contributed by atoms with van der Waals surface area (Å²) in [4.78, 5) is 0. The molecule has 51 heavy (non-hydrogen) atoms. The topological polar surface area (TPSA) is 55.4 Å². The van der Waals surface area contributed by atoms with E-state index in [1.165, 1.54) is 96.3 Å². The third-order valence-electron chi connectivity index (χ3n) is 7.74. The first-order valence-electron chi connectivity index (χ1n) is 21.2. The predicted molar refractivity (Wildman–Crippen MR) is 218 cm³/mol. The lowest BCUT2D eigenvalue weighted by molar-refractivity contribution is -0.450. The highest BCUT2D eigenvalue weighted by Gasteiger charge is 2.45. The zero-order chi connectivity index (χ0) is 39.7. The highest BCUT2D eigenvalue weighted by Crippen LogP contribution is 2.38. The minimum atomic E-state index is -1.03. The summed E-state index contributed by atoms with van der Waals surface area (Å²) in [5, 5.41) is 0. The van der Waals surface area contributed by atoms with Gasteiger partial charge in [-0.15, -0.1) is 0 Å². The summed E-state index contributed by atoms with van der Waals surface area (Å²) < 4.78 is 39.0. The first-order valence-corrected chi connectivity index (χ1v) is 21.2. The van der Waals surface area contributed by atoms with Crippen molar-refractivity contribution in [2.45, 2.75) is 292 Å². The van der Waals surface area contributed by atoms with Crippen molar-refractivity contribution in [3.8, 4) is 0 Å². The van der Waals surface area contributed by atoms with E-state index in [-0.39, 0.29) is 33.6 Å². The summed E-state index contributed by atoms with van der Waals surface area (Å²) in [5.74, 6) is -2.07. The predicted octanol–water partition coefficient (Wildman–Crippen LogP) is 14.6. The maximum absolute atomic E-state index is 6.50. The van der Waals surface area contributed by atoms with Gasteiger partial charge in [-0.05, 0) is 137 Å². The second kappa shape index (κ2) is 22.3. The van der Waals surface area contributed by atoms with Gasteiger partial charge < -0.3 is 28.4 Å². The van der Waals surface area contributed by atoms with E-state index in [1.54, 1.807) is 0 Å². The first kappa shape index (κ1) is 50.8. The average Bonchev–Trinajstić information content (AvgIpc) is 2.83. The molecule has 0 atom stereocenters. The molecule has 0 aliphatic carbocycles. The number of hydrogen-bond donors (Lipinski definition) is 0. The largest absolute Gasteiger partial charge is 0.322 e. The van der Waals surface area contributed by atoms with Gasteiger partial charge in [-0.3, -0.25) is 0 Å². The van der Waals surface area contributed by atoms with E-state index in [0.717, 1.165) is 25.7 Å². The van der Waals surface area contributed by atoms with Crippen LogP contribution in [-0.4, -0.2) is 45.6 Å². The molecule has 0 saturated carbocycles. The van der Waals surface area contributed by atoms with Crippen LogP contribution in [0.4, 0.5) is 0 Å². The van der Waals surface area contributed by atoms with Crippen LogP contribution in [0.25, 0.3) is 0 Å². The highest BCUT2D eigenvalue weighted by atomic mass is 16.9. The van der Waals surface area contributed by atoms with Crippen LogP contribution < -0.4 is 0 Å². The number of unbranched alkanes of at least 4 members (excludes halogenated alkanes) is 16. The van der Waals surface area contributed by atoms with Gasteiger partial charge in [0.1, 0.15) is 0 Å². The van der Waals surface area contributed by atoms with E-state index in [1.807, 2.05) is 0 Å². The summed E-state index contributed by atoms with van der Waals surface area (Å²) in [7, 11) is 0. The zero-order valence-electron chi connectivity index (χ0n) is 37.9. The van der Waals surface area contributed by atoms with Crippen LogP contribution >= 0.6 is 0 Å². The van der Waals surface area contributed by atoms with Crippen molar-refractivity contribution in [3.05, 3.63) is 0 Å². The van der Waals surface area contributed by atoms with Crippen LogP contribution in [0.15, 0.2) is 0 Å². The Bertz CT molecular complexity index is 716. The van der Waals surface area contributed by atoms with Crippen LogP contribution in [-0.2, 0) is 28.4 Å². The lowest BCUT2D eigenvalue weighted by atomic mass is 10.0. The van der Waals surface area contributed by atoms with E-state index in [2.05, 4.69) is 125 Å². The second-order valence-corrected chi connectivity index (χ2v) is 21.2. The van der Waals surface area contributed by atoms with Gasteiger partial charge in [0.15, 0.2) is 0 Å². The fourth-order valence-corrected chi connectivity index (χ4v) is 6.56. The molecule has 0 aliphatic heterocycles. The van der Waals surface area contributed by atoms with Gasteiger partial charge in [-0.1, -0.05) is 96.3 Å². The Balaban J connectivity index is 4.21. The molecule has 6 heteroatoms. The Morgan fingerprint density at radius 2 is 0.314 bits per heavy atom. The van der Waals surface area contributed by atoms with Crippen LogP contribution in [0.3, 0.4) is 0 Å². The van der Waals surface area contributed by atoms with Gasteiger partial charge in [0.05, 0.1) is 33.6 Å².